The molecule has 0 bridgehead atoms. The van der Waals surface area contributed by atoms with Crippen molar-refractivity contribution in [3.63, 3.8) is 0 Å². The van der Waals surface area contributed by atoms with Crippen molar-refractivity contribution < 1.29 is 17.9 Å². The van der Waals surface area contributed by atoms with Crippen LogP contribution in [0.5, 0.6) is 0 Å². The summed E-state index contributed by atoms with van der Waals surface area (Å²) in [5.41, 5.74) is 3.42. The second-order valence-corrected chi connectivity index (χ2v) is 9.79. The van der Waals surface area contributed by atoms with E-state index in [0.717, 1.165) is 17.0 Å². The van der Waals surface area contributed by atoms with Gasteiger partial charge in [-0.25, -0.2) is 8.42 Å². The zero-order chi connectivity index (χ0) is 22.6. The van der Waals surface area contributed by atoms with Crippen molar-refractivity contribution in [2.24, 2.45) is 0 Å². The van der Waals surface area contributed by atoms with Crippen LogP contribution in [0.3, 0.4) is 0 Å². The average Bonchev–Trinajstić information content (AvgIpc) is 3.29. The predicted molar refractivity (Wildman–Crippen MR) is 124 cm³/mol. The summed E-state index contributed by atoms with van der Waals surface area (Å²) in [7, 11) is -3.76. The Morgan fingerprint density at radius 2 is 1.81 bits per heavy atom. The number of halogens is 1. The minimum atomic E-state index is -3.76. The molecular formula is C23H24ClN3O4S. The fraction of sp³-hybridized carbons (Fsp3) is 0.261. The van der Waals surface area contributed by atoms with Crippen molar-refractivity contribution in [3.05, 3.63) is 71.4 Å². The Morgan fingerprint density at radius 1 is 1.06 bits per heavy atom. The number of ether oxygens (including phenoxy) is 1. The van der Waals surface area contributed by atoms with Crippen LogP contribution in [0, 0.1) is 0 Å². The Hall–Kier alpha value is -2.65. The van der Waals surface area contributed by atoms with Gasteiger partial charge >= 0.3 is 0 Å². The van der Waals surface area contributed by atoms with Crippen molar-refractivity contribution in [3.8, 4) is 11.3 Å². The molecule has 32 heavy (non-hydrogen) atoms. The summed E-state index contributed by atoms with van der Waals surface area (Å²) in [5, 5.41) is 2.89. The number of nitrogens with one attached hydrogen (secondary N) is 2. The summed E-state index contributed by atoms with van der Waals surface area (Å²) in [6.45, 7) is 1.24. The Morgan fingerprint density at radius 3 is 2.56 bits per heavy atom. The molecule has 0 spiro atoms. The number of aryl methyl sites for hydroxylation is 1. The van der Waals surface area contributed by atoms with Gasteiger partial charge < -0.3 is 15.0 Å². The number of H-pyrrole nitrogens is 1. The van der Waals surface area contributed by atoms with Gasteiger partial charge in [0.25, 0.3) is 0 Å². The molecule has 0 atom stereocenters. The van der Waals surface area contributed by atoms with Crippen LogP contribution in [0.2, 0.25) is 5.02 Å². The van der Waals surface area contributed by atoms with E-state index in [-0.39, 0.29) is 35.3 Å². The summed E-state index contributed by atoms with van der Waals surface area (Å²) in [4.78, 5) is 15.8. The van der Waals surface area contributed by atoms with E-state index in [2.05, 4.69) is 10.3 Å². The molecule has 1 aliphatic rings. The lowest BCUT2D eigenvalue weighted by Gasteiger charge is -2.26. The first kappa shape index (κ1) is 22.5. The van der Waals surface area contributed by atoms with Crippen LogP contribution in [0.4, 0.5) is 5.69 Å². The van der Waals surface area contributed by atoms with Crippen molar-refractivity contribution in [1.29, 1.82) is 0 Å². The van der Waals surface area contributed by atoms with Gasteiger partial charge in [-0.1, -0.05) is 41.9 Å². The summed E-state index contributed by atoms with van der Waals surface area (Å²) < 4.78 is 32.5. The quantitative estimate of drug-likeness (QED) is 0.544. The number of benzene rings is 2. The van der Waals surface area contributed by atoms with Crippen LogP contribution >= 0.6 is 11.6 Å². The SMILES string of the molecule is O=C(CCc1ccc(-c2ccccc2)[nH]1)Nc1ccc(Cl)c(S(=O)(=O)N2CCOCC2)c1. The van der Waals surface area contributed by atoms with Gasteiger partial charge in [-0.3, -0.25) is 4.79 Å². The lowest BCUT2D eigenvalue weighted by molar-refractivity contribution is -0.116. The molecule has 1 amide bonds. The smallest absolute Gasteiger partial charge is 0.244 e. The number of aromatic amines is 1. The molecule has 3 aromatic rings. The second-order valence-electron chi connectivity index (χ2n) is 7.47. The number of sulfonamides is 1. The molecule has 168 valence electrons. The third-order valence-corrected chi connectivity index (χ3v) is 7.64. The minimum absolute atomic E-state index is 0.0178. The molecule has 1 aromatic heterocycles. The molecule has 2 aromatic carbocycles. The Bertz CT molecular complexity index is 1190. The molecule has 0 aliphatic carbocycles. The van der Waals surface area contributed by atoms with Crippen LogP contribution in [0.1, 0.15) is 12.1 Å². The van der Waals surface area contributed by atoms with Crippen molar-refractivity contribution in [1.82, 2.24) is 9.29 Å². The highest BCUT2D eigenvalue weighted by Crippen LogP contribution is 2.28. The van der Waals surface area contributed by atoms with E-state index >= 15 is 0 Å². The lowest BCUT2D eigenvalue weighted by Crippen LogP contribution is -2.40. The summed E-state index contributed by atoms with van der Waals surface area (Å²) in [5.74, 6) is -0.210. The van der Waals surface area contributed by atoms with Crippen molar-refractivity contribution in [2.45, 2.75) is 17.7 Å². The Labute approximate surface area is 192 Å². The van der Waals surface area contributed by atoms with Gasteiger partial charge in [0.15, 0.2) is 0 Å². The van der Waals surface area contributed by atoms with Crippen molar-refractivity contribution >= 4 is 33.2 Å². The van der Waals surface area contributed by atoms with E-state index in [4.69, 9.17) is 16.3 Å². The first-order valence-electron chi connectivity index (χ1n) is 10.3. The molecule has 1 fully saturated rings. The van der Waals surface area contributed by atoms with Gasteiger partial charge in [-0.05, 0) is 42.3 Å². The highest BCUT2D eigenvalue weighted by molar-refractivity contribution is 7.89. The number of hydrogen-bond acceptors (Lipinski definition) is 4. The average molecular weight is 474 g/mol. The maximum absolute atomic E-state index is 12.9. The van der Waals surface area contributed by atoms with Gasteiger partial charge in [0.1, 0.15) is 4.90 Å². The van der Waals surface area contributed by atoms with Crippen LogP contribution in [0.25, 0.3) is 11.3 Å². The Kier molecular flexibility index (Phi) is 6.95. The van der Waals surface area contributed by atoms with E-state index < -0.39 is 10.0 Å². The summed E-state index contributed by atoms with van der Waals surface area (Å²) >= 11 is 6.18. The van der Waals surface area contributed by atoms with Crippen LogP contribution < -0.4 is 5.32 Å². The normalized spacial score (nSPS) is 14.9. The monoisotopic (exact) mass is 473 g/mol. The maximum atomic E-state index is 12.9. The predicted octanol–water partition coefficient (Wildman–Crippen LogP) is 3.93. The topological polar surface area (TPSA) is 91.5 Å². The fourth-order valence-electron chi connectivity index (χ4n) is 3.55. The molecule has 2 heterocycles. The highest BCUT2D eigenvalue weighted by atomic mass is 35.5. The number of rotatable bonds is 7. The third-order valence-electron chi connectivity index (χ3n) is 5.26. The second kappa shape index (κ2) is 9.87. The Balaban J connectivity index is 1.39. The van der Waals surface area contributed by atoms with Crippen LogP contribution in [-0.2, 0) is 26.0 Å². The molecule has 1 aliphatic heterocycles. The maximum Gasteiger partial charge on any atom is 0.244 e. The molecule has 4 rings (SSSR count). The van der Waals surface area contributed by atoms with Crippen molar-refractivity contribution in [2.75, 3.05) is 31.6 Å². The molecule has 0 radical (unpaired) electrons. The van der Waals surface area contributed by atoms with E-state index in [9.17, 15) is 13.2 Å². The van der Waals surface area contributed by atoms with Crippen LogP contribution in [0.15, 0.2) is 65.6 Å². The molecule has 2 N–H and O–H groups in total. The standard InChI is InChI=1S/C23H24ClN3O4S/c24-20-9-6-19(16-22(20)32(29,30)27-12-14-31-15-13-27)26-23(28)11-8-18-7-10-21(25-18)17-4-2-1-3-5-17/h1-7,9-10,16,25H,8,11-15H2,(H,26,28). The fourth-order valence-corrected chi connectivity index (χ4v) is 5.46. The van der Waals surface area contributed by atoms with Crippen LogP contribution in [-0.4, -0.2) is 49.9 Å². The van der Waals surface area contributed by atoms with E-state index in [1.807, 2.05) is 42.5 Å². The highest BCUT2D eigenvalue weighted by Gasteiger charge is 2.28. The molecule has 1 saturated heterocycles. The number of carbonyl (C=O) groups is 1. The van der Waals surface area contributed by atoms with Gasteiger partial charge in [0.2, 0.25) is 15.9 Å². The van der Waals surface area contributed by atoms with E-state index in [0.29, 0.717) is 25.3 Å². The molecule has 0 unspecified atom stereocenters. The van der Waals surface area contributed by atoms with Gasteiger partial charge in [0, 0.05) is 36.6 Å². The zero-order valence-electron chi connectivity index (χ0n) is 17.4. The van der Waals surface area contributed by atoms with E-state index in [1.165, 1.54) is 16.4 Å². The third kappa shape index (κ3) is 5.21. The zero-order valence-corrected chi connectivity index (χ0v) is 19.0. The molecule has 7 nitrogen and oxygen atoms in total. The number of anilines is 1. The van der Waals surface area contributed by atoms with Gasteiger partial charge in [-0.15, -0.1) is 0 Å². The largest absolute Gasteiger partial charge is 0.379 e. The number of nitrogens with zero attached hydrogens (tertiary/aromatic N) is 1. The van der Waals surface area contributed by atoms with E-state index in [1.54, 1.807) is 6.07 Å². The number of amides is 1. The number of morpholine rings is 1. The van der Waals surface area contributed by atoms with Gasteiger partial charge in [0.05, 0.1) is 18.2 Å². The first-order chi connectivity index (χ1) is 15.4. The molecular weight excluding hydrogens is 450 g/mol. The number of hydrogen-bond donors (Lipinski definition) is 2. The first-order valence-corrected chi connectivity index (χ1v) is 12.2. The van der Waals surface area contributed by atoms with Gasteiger partial charge in [-0.2, -0.15) is 4.31 Å². The summed E-state index contributed by atoms with van der Waals surface area (Å²) in [6, 6.07) is 18.4. The number of carbonyl (C=O) groups excluding carboxylic acids is 1. The summed E-state index contributed by atoms with van der Waals surface area (Å²) in [6.07, 6.45) is 0.786. The molecule has 9 heteroatoms. The lowest BCUT2D eigenvalue weighted by atomic mass is 10.2. The molecule has 0 saturated carbocycles. The minimum Gasteiger partial charge on any atom is -0.379 e. The number of aromatic nitrogens is 1.